The van der Waals surface area contributed by atoms with Crippen LogP contribution in [-0.2, 0) is 24.1 Å². The Morgan fingerprint density at radius 3 is 3.00 bits per heavy atom. The van der Waals surface area contributed by atoms with E-state index in [0.717, 1.165) is 75.2 Å². The van der Waals surface area contributed by atoms with Gasteiger partial charge >= 0.3 is 0 Å². The molecule has 2 atom stereocenters. The van der Waals surface area contributed by atoms with Gasteiger partial charge in [-0.15, -0.1) is 24.0 Å². The van der Waals surface area contributed by atoms with E-state index < -0.39 is 0 Å². The normalized spacial score (nSPS) is 21.4. The van der Waals surface area contributed by atoms with Crippen molar-refractivity contribution in [3.63, 3.8) is 0 Å². The molecule has 4 heterocycles. The highest BCUT2D eigenvalue weighted by Gasteiger charge is 2.23. The van der Waals surface area contributed by atoms with Gasteiger partial charge in [0, 0.05) is 38.0 Å². The Morgan fingerprint density at radius 1 is 1.37 bits per heavy atom. The van der Waals surface area contributed by atoms with Crippen LogP contribution in [0, 0.1) is 0 Å². The topological polar surface area (TPSA) is 89.5 Å². The lowest BCUT2D eigenvalue weighted by Gasteiger charge is -2.25. The van der Waals surface area contributed by atoms with Crippen LogP contribution in [0.25, 0.3) is 0 Å². The first-order chi connectivity index (χ1) is 14.2. The zero-order valence-corrected chi connectivity index (χ0v) is 20.2. The number of aromatic nitrogens is 3. The summed E-state index contributed by atoms with van der Waals surface area (Å²) in [5.74, 6) is 4.19. The maximum Gasteiger partial charge on any atom is 0.191 e. The number of rotatable bonds is 7. The second-order valence-electron chi connectivity index (χ2n) is 8.18. The molecule has 2 aliphatic heterocycles. The van der Waals surface area contributed by atoms with Crippen LogP contribution in [0.5, 0.6) is 0 Å². The van der Waals surface area contributed by atoms with E-state index in [-0.39, 0.29) is 36.1 Å². The van der Waals surface area contributed by atoms with Gasteiger partial charge in [-0.1, -0.05) is 13.8 Å². The molecule has 2 aromatic heterocycles. The van der Waals surface area contributed by atoms with Gasteiger partial charge in [0.1, 0.15) is 11.6 Å². The van der Waals surface area contributed by atoms with Crippen molar-refractivity contribution in [2.75, 3.05) is 19.7 Å². The summed E-state index contributed by atoms with van der Waals surface area (Å²) in [6, 6.07) is 4.20. The van der Waals surface area contributed by atoms with E-state index in [0.29, 0.717) is 12.5 Å². The Hall–Kier alpha value is -1.62. The number of furan rings is 1. The number of aryl methyl sites for hydroxylation is 1. The van der Waals surface area contributed by atoms with E-state index in [4.69, 9.17) is 14.1 Å². The van der Waals surface area contributed by atoms with Crippen LogP contribution in [0.2, 0.25) is 0 Å². The Labute approximate surface area is 195 Å². The van der Waals surface area contributed by atoms with Crippen molar-refractivity contribution < 1.29 is 9.15 Å². The average molecular weight is 528 g/mol. The third-order valence-corrected chi connectivity index (χ3v) is 5.45. The number of ether oxygens (including phenoxy) is 1. The van der Waals surface area contributed by atoms with Gasteiger partial charge in [-0.2, -0.15) is 5.10 Å². The van der Waals surface area contributed by atoms with Crippen molar-refractivity contribution in [3.8, 4) is 0 Å². The van der Waals surface area contributed by atoms with Crippen molar-refractivity contribution in [1.82, 2.24) is 25.4 Å². The Bertz CT molecular complexity index is 799. The van der Waals surface area contributed by atoms with E-state index in [1.807, 2.05) is 12.1 Å². The quantitative estimate of drug-likeness (QED) is 0.327. The summed E-state index contributed by atoms with van der Waals surface area (Å²) in [4.78, 5) is 9.48. The summed E-state index contributed by atoms with van der Waals surface area (Å²) < 4.78 is 13.2. The van der Waals surface area contributed by atoms with Gasteiger partial charge in [0.25, 0.3) is 0 Å². The molecule has 0 bridgehead atoms. The number of nitrogens with one attached hydrogen (secondary N) is 2. The Kier molecular flexibility index (Phi) is 8.55. The number of halogens is 1. The summed E-state index contributed by atoms with van der Waals surface area (Å²) in [5, 5.41) is 11.7. The Balaban J connectivity index is 0.00000256. The molecular formula is C21H33IN6O2. The molecule has 0 radical (unpaired) electrons. The van der Waals surface area contributed by atoms with Crippen LogP contribution in [0.3, 0.4) is 0 Å². The smallest absolute Gasteiger partial charge is 0.191 e. The molecule has 2 unspecified atom stereocenters. The molecule has 4 rings (SSSR count). The van der Waals surface area contributed by atoms with Crippen molar-refractivity contribution in [3.05, 3.63) is 35.8 Å². The summed E-state index contributed by atoms with van der Waals surface area (Å²) in [7, 11) is 0. The highest BCUT2D eigenvalue weighted by Crippen LogP contribution is 2.17. The van der Waals surface area contributed by atoms with Crippen LogP contribution >= 0.6 is 24.0 Å². The molecule has 0 amide bonds. The standard InChI is InChI=1S/C21H32N6O2.HI/c1-15(2)20-25-19-8-7-16(14-27(19)26-20)24-21(23-13-18-6-4-12-29-18)22-10-9-17-5-3-11-28-17;/h3,5,11,15-16,18H,4,6-10,12-14H2,1-2H3,(H2,22,23,24);1H. The van der Waals surface area contributed by atoms with Crippen LogP contribution in [0.1, 0.15) is 56.4 Å². The van der Waals surface area contributed by atoms with Gasteiger partial charge in [0.05, 0.1) is 25.5 Å². The number of guanidine groups is 1. The lowest BCUT2D eigenvalue weighted by Crippen LogP contribution is -2.47. The van der Waals surface area contributed by atoms with E-state index in [2.05, 4.69) is 39.2 Å². The Morgan fingerprint density at radius 2 is 2.27 bits per heavy atom. The van der Waals surface area contributed by atoms with E-state index >= 15 is 0 Å². The lowest BCUT2D eigenvalue weighted by molar-refractivity contribution is 0.117. The predicted octanol–water partition coefficient (Wildman–Crippen LogP) is 2.88. The number of aliphatic imine (C=N–C) groups is 1. The highest BCUT2D eigenvalue weighted by molar-refractivity contribution is 14.0. The molecule has 0 aromatic carbocycles. The fraction of sp³-hybridized carbons (Fsp3) is 0.667. The SMILES string of the molecule is CC(C)c1nc2n(n1)CC(NC(=NCC1CCCO1)NCCc1ccco1)CC2.I. The number of hydrogen-bond donors (Lipinski definition) is 2. The first-order valence-corrected chi connectivity index (χ1v) is 10.8. The zero-order valence-electron chi connectivity index (χ0n) is 17.8. The van der Waals surface area contributed by atoms with E-state index in [1.165, 1.54) is 0 Å². The van der Waals surface area contributed by atoms with Gasteiger partial charge in [-0.3, -0.25) is 4.99 Å². The minimum atomic E-state index is 0. The van der Waals surface area contributed by atoms with Gasteiger partial charge in [-0.05, 0) is 31.4 Å². The third-order valence-electron chi connectivity index (χ3n) is 5.45. The molecule has 2 aromatic rings. The fourth-order valence-electron chi connectivity index (χ4n) is 3.78. The van der Waals surface area contributed by atoms with Crippen molar-refractivity contribution in [2.45, 2.75) is 70.6 Å². The fourth-order valence-corrected chi connectivity index (χ4v) is 3.78. The van der Waals surface area contributed by atoms with Crippen molar-refractivity contribution >= 4 is 29.9 Å². The minimum absolute atomic E-state index is 0. The predicted molar refractivity (Wildman–Crippen MR) is 126 cm³/mol. The van der Waals surface area contributed by atoms with Crippen molar-refractivity contribution in [1.29, 1.82) is 0 Å². The molecule has 0 spiro atoms. The first-order valence-electron chi connectivity index (χ1n) is 10.8. The maximum absolute atomic E-state index is 5.73. The summed E-state index contributed by atoms with van der Waals surface area (Å²) >= 11 is 0. The maximum atomic E-state index is 5.73. The number of fused-ring (bicyclic) bond motifs is 1. The van der Waals surface area contributed by atoms with Crippen LogP contribution in [0.4, 0.5) is 0 Å². The monoisotopic (exact) mass is 528 g/mol. The third kappa shape index (κ3) is 6.19. The highest BCUT2D eigenvalue weighted by atomic mass is 127. The number of nitrogens with zero attached hydrogens (tertiary/aromatic N) is 4. The largest absolute Gasteiger partial charge is 0.469 e. The van der Waals surface area contributed by atoms with E-state index in [9.17, 15) is 0 Å². The van der Waals surface area contributed by atoms with Crippen LogP contribution < -0.4 is 10.6 Å². The van der Waals surface area contributed by atoms with Crippen LogP contribution in [0.15, 0.2) is 27.8 Å². The van der Waals surface area contributed by atoms with Gasteiger partial charge in [-0.25, -0.2) is 9.67 Å². The lowest BCUT2D eigenvalue weighted by atomic mass is 10.1. The molecule has 166 valence electrons. The molecule has 1 fully saturated rings. The second kappa shape index (κ2) is 11.1. The molecule has 1 saturated heterocycles. The number of hydrogen-bond acceptors (Lipinski definition) is 5. The van der Waals surface area contributed by atoms with Crippen LogP contribution in [-0.4, -0.2) is 52.6 Å². The summed E-state index contributed by atoms with van der Waals surface area (Å²) in [5.41, 5.74) is 0. The summed E-state index contributed by atoms with van der Waals surface area (Å²) in [6.07, 6.45) is 6.95. The van der Waals surface area contributed by atoms with Gasteiger partial charge in [0.15, 0.2) is 11.8 Å². The summed E-state index contributed by atoms with van der Waals surface area (Å²) in [6.45, 7) is 7.39. The van der Waals surface area contributed by atoms with Crippen molar-refractivity contribution in [2.24, 2.45) is 4.99 Å². The zero-order chi connectivity index (χ0) is 20.1. The molecule has 8 nitrogen and oxygen atoms in total. The van der Waals surface area contributed by atoms with E-state index in [1.54, 1.807) is 6.26 Å². The van der Waals surface area contributed by atoms with Gasteiger partial charge < -0.3 is 19.8 Å². The molecule has 0 aliphatic carbocycles. The molecule has 0 saturated carbocycles. The molecule has 2 aliphatic rings. The average Bonchev–Trinajstić information content (AvgIpc) is 3.46. The molecular weight excluding hydrogens is 495 g/mol. The molecule has 9 heteroatoms. The second-order valence-corrected chi connectivity index (χ2v) is 8.18. The first kappa shape index (κ1) is 23.1. The molecule has 2 N–H and O–H groups in total. The minimum Gasteiger partial charge on any atom is -0.469 e. The molecule has 30 heavy (non-hydrogen) atoms. The van der Waals surface area contributed by atoms with Gasteiger partial charge in [0.2, 0.25) is 0 Å².